The Morgan fingerprint density at radius 1 is 1.13 bits per heavy atom. The highest BCUT2D eigenvalue weighted by Crippen LogP contribution is 2.35. The van der Waals surface area contributed by atoms with Crippen molar-refractivity contribution in [2.45, 2.75) is 45.1 Å². The van der Waals surface area contributed by atoms with Gasteiger partial charge in [0.25, 0.3) is 5.91 Å². The minimum atomic E-state index is -0.107. The summed E-state index contributed by atoms with van der Waals surface area (Å²) in [6, 6.07) is 15.4. The van der Waals surface area contributed by atoms with E-state index in [0.717, 1.165) is 24.1 Å². The lowest BCUT2D eigenvalue weighted by atomic mass is 9.81. The number of para-hydroxylation sites is 1. The molecule has 30 heavy (non-hydrogen) atoms. The third-order valence-corrected chi connectivity index (χ3v) is 5.63. The van der Waals surface area contributed by atoms with Crippen molar-refractivity contribution in [1.82, 2.24) is 5.32 Å². The van der Waals surface area contributed by atoms with Gasteiger partial charge in [-0.2, -0.15) is 0 Å². The van der Waals surface area contributed by atoms with Crippen LogP contribution in [0.25, 0.3) is 0 Å². The van der Waals surface area contributed by atoms with Crippen LogP contribution in [0.1, 0.15) is 61.0 Å². The van der Waals surface area contributed by atoms with E-state index in [1.165, 1.54) is 19.3 Å². The highest BCUT2D eigenvalue weighted by molar-refractivity contribution is 5.97. The van der Waals surface area contributed by atoms with E-state index < -0.39 is 0 Å². The number of hydrogen-bond acceptors (Lipinski definition) is 3. The summed E-state index contributed by atoms with van der Waals surface area (Å²) in [7, 11) is 1.59. The van der Waals surface area contributed by atoms with Crippen molar-refractivity contribution >= 4 is 17.6 Å². The Labute approximate surface area is 178 Å². The first-order chi connectivity index (χ1) is 14.6. The molecule has 0 saturated heterocycles. The van der Waals surface area contributed by atoms with Gasteiger partial charge in [-0.25, -0.2) is 0 Å². The molecule has 1 aliphatic carbocycles. The molecule has 6 nitrogen and oxygen atoms in total. The first-order valence-corrected chi connectivity index (χ1v) is 10.7. The Balaban J connectivity index is 1.82. The normalized spacial score (nSPS) is 16.0. The highest BCUT2D eigenvalue weighted by Gasteiger charge is 2.27. The molecule has 2 aromatic carbocycles. The molecular weight excluding hydrogens is 376 g/mol. The maximum absolute atomic E-state index is 13.1. The summed E-state index contributed by atoms with van der Waals surface area (Å²) in [5.41, 5.74) is 8.40. The molecule has 6 heteroatoms. The first-order valence-electron chi connectivity index (χ1n) is 10.7. The number of anilines is 1. The molecule has 0 aromatic heterocycles. The summed E-state index contributed by atoms with van der Waals surface area (Å²) < 4.78 is 5.38. The largest absolute Gasteiger partial charge is 0.496 e. The molecule has 2 aromatic rings. The van der Waals surface area contributed by atoms with Crippen LogP contribution in [-0.4, -0.2) is 25.5 Å². The van der Waals surface area contributed by atoms with Crippen molar-refractivity contribution in [3.63, 3.8) is 0 Å². The van der Waals surface area contributed by atoms with Crippen molar-refractivity contribution in [2.24, 2.45) is 16.6 Å². The molecule has 1 unspecified atom stereocenters. The van der Waals surface area contributed by atoms with Gasteiger partial charge in [-0.05, 0) is 55.5 Å². The SMILES string of the molecule is CCN=C(N)Nc1ccc(C(NC(=O)c2ccccc2OC)C2CCCCC2)cc1. The number of carbonyl (C=O) groups is 1. The molecule has 0 bridgehead atoms. The van der Waals surface area contributed by atoms with Crippen LogP contribution in [0, 0.1) is 5.92 Å². The van der Waals surface area contributed by atoms with E-state index in [1.807, 2.05) is 37.3 Å². The number of rotatable bonds is 7. The molecule has 4 N–H and O–H groups in total. The number of hydrogen-bond donors (Lipinski definition) is 3. The Kier molecular flexibility index (Phi) is 7.71. The van der Waals surface area contributed by atoms with Gasteiger partial charge in [-0.3, -0.25) is 9.79 Å². The minimum Gasteiger partial charge on any atom is -0.496 e. The van der Waals surface area contributed by atoms with E-state index >= 15 is 0 Å². The highest BCUT2D eigenvalue weighted by atomic mass is 16.5. The number of ether oxygens (including phenoxy) is 1. The van der Waals surface area contributed by atoms with Gasteiger partial charge in [0.15, 0.2) is 5.96 Å². The fourth-order valence-corrected chi connectivity index (χ4v) is 4.12. The van der Waals surface area contributed by atoms with Crippen LogP contribution in [0.15, 0.2) is 53.5 Å². The molecule has 1 amide bonds. The number of nitrogens with two attached hydrogens (primary N) is 1. The lowest BCUT2D eigenvalue weighted by molar-refractivity contribution is 0.0909. The second-order valence-corrected chi connectivity index (χ2v) is 7.66. The van der Waals surface area contributed by atoms with Crippen molar-refractivity contribution in [1.29, 1.82) is 0 Å². The topological polar surface area (TPSA) is 88.7 Å². The summed E-state index contributed by atoms with van der Waals surface area (Å²) in [5, 5.41) is 6.38. The summed E-state index contributed by atoms with van der Waals surface area (Å²) in [4.78, 5) is 17.3. The Morgan fingerprint density at radius 3 is 2.50 bits per heavy atom. The van der Waals surface area contributed by atoms with Crippen molar-refractivity contribution in [3.05, 3.63) is 59.7 Å². The number of carbonyl (C=O) groups excluding carboxylic acids is 1. The average molecular weight is 409 g/mol. The summed E-state index contributed by atoms with van der Waals surface area (Å²) in [6.07, 6.45) is 5.91. The fraction of sp³-hybridized carbons (Fsp3) is 0.417. The maximum Gasteiger partial charge on any atom is 0.255 e. The molecule has 1 aliphatic rings. The minimum absolute atomic E-state index is 0.0431. The van der Waals surface area contributed by atoms with Crippen LogP contribution < -0.4 is 21.1 Å². The number of methoxy groups -OCH3 is 1. The number of benzene rings is 2. The van der Waals surface area contributed by atoms with E-state index in [2.05, 4.69) is 27.8 Å². The zero-order valence-corrected chi connectivity index (χ0v) is 17.9. The standard InChI is InChI=1S/C24H32N4O2/c1-3-26-24(25)27-19-15-13-18(14-16-19)22(17-9-5-4-6-10-17)28-23(29)20-11-7-8-12-21(20)30-2/h7-8,11-17,22H,3-6,9-10H2,1-2H3,(H,28,29)(H3,25,26,27). The van der Waals surface area contributed by atoms with Gasteiger partial charge in [-0.15, -0.1) is 0 Å². The quantitative estimate of drug-likeness (QED) is 0.465. The van der Waals surface area contributed by atoms with Crippen LogP contribution in [-0.2, 0) is 0 Å². The monoisotopic (exact) mass is 408 g/mol. The predicted octanol–water partition coefficient (Wildman–Crippen LogP) is 4.49. The maximum atomic E-state index is 13.1. The van der Waals surface area contributed by atoms with Gasteiger partial charge in [0.1, 0.15) is 5.75 Å². The van der Waals surface area contributed by atoms with Crippen molar-refractivity contribution in [2.75, 3.05) is 19.0 Å². The molecule has 3 rings (SSSR count). The average Bonchev–Trinajstić information content (AvgIpc) is 2.78. The van der Waals surface area contributed by atoms with E-state index in [0.29, 0.717) is 29.7 Å². The van der Waals surface area contributed by atoms with Crippen LogP contribution in [0.3, 0.4) is 0 Å². The van der Waals surface area contributed by atoms with E-state index in [-0.39, 0.29) is 11.9 Å². The summed E-state index contributed by atoms with van der Waals surface area (Å²) in [6.45, 7) is 2.58. The molecule has 1 saturated carbocycles. The van der Waals surface area contributed by atoms with E-state index in [1.54, 1.807) is 13.2 Å². The number of nitrogens with zero attached hydrogens (tertiary/aromatic N) is 1. The Bertz CT molecular complexity index is 858. The van der Waals surface area contributed by atoms with Gasteiger partial charge in [0.05, 0.1) is 18.7 Å². The van der Waals surface area contributed by atoms with Gasteiger partial charge < -0.3 is 21.1 Å². The molecule has 160 valence electrons. The molecule has 1 fully saturated rings. The van der Waals surface area contributed by atoms with Gasteiger partial charge >= 0.3 is 0 Å². The van der Waals surface area contributed by atoms with Gasteiger partial charge in [0, 0.05) is 12.2 Å². The van der Waals surface area contributed by atoms with Crippen LogP contribution in [0.4, 0.5) is 5.69 Å². The zero-order chi connectivity index (χ0) is 21.3. The molecule has 1 atom stereocenters. The summed E-state index contributed by atoms with van der Waals surface area (Å²) in [5.74, 6) is 1.30. The lowest BCUT2D eigenvalue weighted by Crippen LogP contribution is -2.34. The van der Waals surface area contributed by atoms with Gasteiger partial charge in [0.2, 0.25) is 0 Å². The number of nitrogens with one attached hydrogen (secondary N) is 2. The smallest absolute Gasteiger partial charge is 0.255 e. The first kappa shape index (κ1) is 21.7. The molecular formula is C24H32N4O2. The Hall–Kier alpha value is -3.02. The third kappa shape index (κ3) is 5.53. The summed E-state index contributed by atoms with van der Waals surface area (Å²) >= 11 is 0. The predicted molar refractivity (Wildman–Crippen MR) is 122 cm³/mol. The third-order valence-electron chi connectivity index (χ3n) is 5.63. The molecule has 0 radical (unpaired) electrons. The van der Waals surface area contributed by atoms with Crippen LogP contribution in [0.5, 0.6) is 5.75 Å². The number of amides is 1. The van der Waals surface area contributed by atoms with Crippen LogP contribution in [0.2, 0.25) is 0 Å². The van der Waals surface area contributed by atoms with Crippen molar-refractivity contribution in [3.8, 4) is 5.75 Å². The zero-order valence-electron chi connectivity index (χ0n) is 17.9. The molecule has 0 spiro atoms. The van der Waals surface area contributed by atoms with Crippen LogP contribution >= 0.6 is 0 Å². The van der Waals surface area contributed by atoms with Gasteiger partial charge in [-0.1, -0.05) is 43.5 Å². The van der Waals surface area contributed by atoms with E-state index in [4.69, 9.17) is 10.5 Å². The second-order valence-electron chi connectivity index (χ2n) is 7.66. The lowest BCUT2D eigenvalue weighted by Gasteiger charge is -2.31. The number of guanidine groups is 1. The second kappa shape index (κ2) is 10.7. The number of aliphatic imine (C=N–C) groups is 1. The fourth-order valence-electron chi connectivity index (χ4n) is 4.12. The Morgan fingerprint density at radius 2 is 1.83 bits per heavy atom. The van der Waals surface area contributed by atoms with Crippen molar-refractivity contribution < 1.29 is 9.53 Å². The molecule has 0 heterocycles. The molecule has 0 aliphatic heterocycles. The van der Waals surface area contributed by atoms with E-state index in [9.17, 15) is 4.79 Å².